The van der Waals surface area contributed by atoms with Gasteiger partial charge in [0.25, 0.3) is 0 Å². The topological polar surface area (TPSA) is 126 Å². The summed E-state index contributed by atoms with van der Waals surface area (Å²) in [6.45, 7) is 20.8. The van der Waals surface area contributed by atoms with Gasteiger partial charge in [-0.3, -0.25) is 4.79 Å². The minimum Gasteiger partial charge on any atom is -0.446 e. The summed E-state index contributed by atoms with van der Waals surface area (Å²) in [5.74, 6) is 1.92. The fourth-order valence-electron chi connectivity index (χ4n) is 15.0. The molecule has 8 rings (SSSR count). The van der Waals surface area contributed by atoms with Gasteiger partial charge in [-0.25, -0.2) is 9.59 Å². The fourth-order valence-corrected chi connectivity index (χ4v) is 15.0. The Morgan fingerprint density at radius 2 is 1.69 bits per heavy atom. The average Bonchev–Trinajstić information content (AvgIpc) is 3.51. The molecule has 3 aliphatic heterocycles. The number of hydrogen-bond donors (Lipinski definition) is 3. The van der Waals surface area contributed by atoms with Crippen LogP contribution in [0.3, 0.4) is 0 Å². The molecule has 8 aliphatic rings. The number of nitrogens with one attached hydrogen (secondary N) is 2. The van der Waals surface area contributed by atoms with E-state index in [0.29, 0.717) is 36.6 Å². The van der Waals surface area contributed by atoms with Crippen LogP contribution >= 0.6 is 0 Å². The molecule has 0 bridgehead atoms. The Balaban J connectivity index is 1.03. The summed E-state index contributed by atoms with van der Waals surface area (Å²) >= 11 is 0. The minimum absolute atomic E-state index is 0.0608. The highest BCUT2D eigenvalue weighted by molar-refractivity contribution is 5.86. The number of fused-ring (bicyclic) bond motifs is 4. The minimum atomic E-state index is -0.589. The van der Waals surface area contributed by atoms with Crippen LogP contribution in [0.15, 0.2) is 0 Å². The Kier molecular flexibility index (Phi) is 8.43. The summed E-state index contributed by atoms with van der Waals surface area (Å²) in [7, 11) is 0. The van der Waals surface area contributed by atoms with Crippen molar-refractivity contribution in [2.24, 2.45) is 62.6 Å². The predicted molar refractivity (Wildman–Crippen MR) is 191 cm³/mol. The molecule has 0 aromatic rings. The van der Waals surface area contributed by atoms with Gasteiger partial charge >= 0.3 is 12.2 Å². The van der Waals surface area contributed by atoms with Gasteiger partial charge < -0.3 is 34.9 Å². The van der Waals surface area contributed by atoms with Crippen molar-refractivity contribution in [2.75, 3.05) is 19.6 Å². The number of carbonyl (C=O) groups is 3. The van der Waals surface area contributed by atoms with Crippen molar-refractivity contribution in [2.45, 2.75) is 156 Å². The molecule has 8 fully saturated rings. The van der Waals surface area contributed by atoms with Gasteiger partial charge in [0.05, 0.1) is 18.3 Å². The summed E-state index contributed by atoms with van der Waals surface area (Å²) in [6.07, 6.45) is 7.24. The SMILES string of the molecule is CC(C)C(OC(=O)N1CCC1)C1CC(C)C2C(O1)C(O)C1(C)C3CCC4C(C)(C)C(OC(=O)NC5CCCNC5=O)CCC45C(C)C35CCC21C. The van der Waals surface area contributed by atoms with Crippen molar-refractivity contribution in [1.82, 2.24) is 15.5 Å². The van der Waals surface area contributed by atoms with E-state index in [1.54, 1.807) is 4.90 Å². The van der Waals surface area contributed by atoms with E-state index in [2.05, 4.69) is 66.0 Å². The molecule has 286 valence electrons. The number of likely N-dealkylation sites (tertiary alicyclic amines) is 1. The normalized spacial score (nSPS) is 49.8. The quantitative estimate of drug-likeness (QED) is 0.306. The van der Waals surface area contributed by atoms with Gasteiger partial charge in [-0.15, -0.1) is 0 Å². The predicted octanol–water partition coefficient (Wildman–Crippen LogP) is 6.29. The monoisotopic (exact) mass is 711 g/mol. The lowest BCUT2D eigenvalue weighted by atomic mass is 9.41. The number of alkyl carbamates (subject to hydrolysis) is 1. The number of carbonyl (C=O) groups excluding carboxylic acids is 3. The third-order valence-electron chi connectivity index (χ3n) is 17.6. The van der Waals surface area contributed by atoms with E-state index in [1.807, 2.05) is 0 Å². The number of piperidine rings is 1. The van der Waals surface area contributed by atoms with Crippen molar-refractivity contribution in [3.63, 3.8) is 0 Å². The molecule has 2 spiro atoms. The van der Waals surface area contributed by atoms with Crippen molar-refractivity contribution in [3.8, 4) is 0 Å². The summed E-state index contributed by atoms with van der Waals surface area (Å²) in [4.78, 5) is 40.2. The zero-order valence-corrected chi connectivity index (χ0v) is 32.5. The number of ether oxygens (including phenoxy) is 3. The van der Waals surface area contributed by atoms with Crippen molar-refractivity contribution in [1.29, 1.82) is 0 Å². The number of amides is 3. The molecule has 10 heteroatoms. The Labute approximate surface area is 305 Å². The first-order valence-corrected chi connectivity index (χ1v) is 20.6. The standard InChI is InChI=1S/C41H65N3O7/c1-22(2)31(51-36(48)44-19-10-20-44)26-21-23(3)30-32(49-26)33(45)39(8)28-13-12-27-37(5,6)29(50-35(47)43-25-11-9-18-42-34(25)46)14-15-40(27)24(4)41(28,40)17-16-38(30,39)7/h22-33,45H,9-21H2,1-8H3,(H,42,46)(H,43,47). The van der Waals surface area contributed by atoms with Crippen LogP contribution in [-0.4, -0.2) is 84.3 Å². The Morgan fingerprint density at radius 3 is 2.35 bits per heavy atom. The second-order valence-corrected chi connectivity index (χ2v) is 19.8. The van der Waals surface area contributed by atoms with E-state index < -0.39 is 18.2 Å². The van der Waals surface area contributed by atoms with Gasteiger partial charge in [-0.1, -0.05) is 55.4 Å². The van der Waals surface area contributed by atoms with E-state index in [9.17, 15) is 19.5 Å². The first-order valence-electron chi connectivity index (χ1n) is 20.6. The van der Waals surface area contributed by atoms with E-state index in [-0.39, 0.29) is 75.3 Å². The van der Waals surface area contributed by atoms with Crippen LogP contribution in [-0.2, 0) is 19.0 Å². The zero-order valence-electron chi connectivity index (χ0n) is 32.5. The van der Waals surface area contributed by atoms with Crippen molar-refractivity contribution in [3.05, 3.63) is 0 Å². The Bertz CT molecular complexity index is 1430. The maximum atomic E-state index is 13.2. The van der Waals surface area contributed by atoms with E-state index in [0.717, 1.165) is 64.5 Å². The van der Waals surface area contributed by atoms with Crippen LogP contribution in [0.25, 0.3) is 0 Å². The molecule has 3 N–H and O–H groups in total. The molecule has 0 aromatic carbocycles. The lowest BCUT2D eigenvalue weighted by Gasteiger charge is -2.63. The maximum Gasteiger partial charge on any atom is 0.410 e. The lowest BCUT2D eigenvalue weighted by Crippen LogP contribution is -2.60. The number of nitrogens with zero attached hydrogens (tertiary/aromatic N) is 1. The highest BCUT2D eigenvalue weighted by Gasteiger charge is 2.88. The zero-order chi connectivity index (χ0) is 36.5. The van der Waals surface area contributed by atoms with Crippen molar-refractivity contribution < 1.29 is 33.7 Å². The smallest absolute Gasteiger partial charge is 0.410 e. The van der Waals surface area contributed by atoms with E-state index in [4.69, 9.17) is 14.2 Å². The van der Waals surface area contributed by atoms with Crippen LogP contribution in [0.1, 0.15) is 120 Å². The second kappa shape index (κ2) is 12.0. The number of aliphatic hydroxyl groups excluding tert-OH is 1. The van der Waals surface area contributed by atoms with E-state index in [1.165, 1.54) is 6.42 Å². The molecule has 15 unspecified atom stereocenters. The van der Waals surface area contributed by atoms with Gasteiger partial charge in [0.2, 0.25) is 5.91 Å². The average molecular weight is 712 g/mol. The molecule has 0 radical (unpaired) electrons. The summed E-state index contributed by atoms with van der Waals surface area (Å²) < 4.78 is 19.4. The van der Waals surface area contributed by atoms with Crippen LogP contribution in [0.5, 0.6) is 0 Å². The molecule has 5 aliphatic carbocycles. The van der Waals surface area contributed by atoms with Gasteiger partial charge in [-0.2, -0.15) is 0 Å². The molecule has 5 saturated carbocycles. The third kappa shape index (κ3) is 4.68. The third-order valence-corrected chi connectivity index (χ3v) is 17.6. The molecule has 15 atom stereocenters. The molecule has 0 aromatic heterocycles. The second-order valence-electron chi connectivity index (χ2n) is 19.8. The molecule has 3 saturated heterocycles. The highest BCUT2D eigenvalue weighted by Crippen LogP contribution is 2.91. The lowest BCUT2D eigenvalue weighted by molar-refractivity contribution is -0.185. The van der Waals surface area contributed by atoms with E-state index >= 15 is 0 Å². The summed E-state index contributed by atoms with van der Waals surface area (Å²) in [6, 6.07) is -0.524. The molecule has 3 heterocycles. The Morgan fingerprint density at radius 1 is 0.980 bits per heavy atom. The molecule has 10 nitrogen and oxygen atoms in total. The highest BCUT2D eigenvalue weighted by atomic mass is 16.6. The molecule has 51 heavy (non-hydrogen) atoms. The van der Waals surface area contributed by atoms with Crippen LogP contribution in [0.2, 0.25) is 0 Å². The van der Waals surface area contributed by atoms with Crippen LogP contribution in [0.4, 0.5) is 9.59 Å². The summed E-state index contributed by atoms with van der Waals surface area (Å²) in [5, 5.41) is 18.4. The molecule has 3 amide bonds. The first kappa shape index (κ1) is 35.9. The number of hydrogen-bond acceptors (Lipinski definition) is 7. The Hall–Kier alpha value is -2.07. The molecular formula is C41H65N3O7. The van der Waals surface area contributed by atoms with Gasteiger partial charge in [0.1, 0.15) is 18.2 Å². The van der Waals surface area contributed by atoms with Crippen molar-refractivity contribution >= 4 is 18.1 Å². The fraction of sp³-hybridized carbons (Fsp3) is 0.927. The largest absolute Gasteiger partial charge is 0.446 e. The van der Waals surface area contributed by atoms with Gasteiger partial charge in [0.15, 0.2) is 0 Å². The van der Waals surface area contributed by atoms with Gasteiger partial charge in [-0.05, 0) is 116 Å². The number of rotatable bonds is 5. The molecular weight excluding hydrogens is 646 g/mol. The maximum absolute atomic E-state index is 13.2. The van der Waals surface area contributed by atoms with Gasteiger partial charge in [0, 0.05) is 30.5 Å². The van der Waals surface area contributed by atoms with Crippen LogP contribution < -0.4 is 10.6 Å². The summed E-state index contributed by atoms with van der Waals surface area (Å²) in [5.41, 5.74) is -0.249. The first-order chi connectivity index (χ1) is 24.1. The number of aliphatic hydroxyl groups is 1. The van der Waals surface area contributed by atoms with Crippen LogP contribution in [0, 0.1) is 62.6 Å².